The highest BCUT2D eigenvalue weighted by Gasteiger charge is 2.21. The third-order valence-corrected chi connectivity index (χ3v) is 6.30. The molecule has 2 heterocycles. The van der Waals surface area contributed by atoms with Gasteiger partial charge in [-0.1, -0.05) is 29.8 Å². The lowest BCUT2D eigenvalue weighted by atomic mass is 10.2. The van der Waals surface area contributed by atoms with Gasteiger partial charge in [0.05, 0.1) is 5.02 Å². The summed E-state index contributed by atoms with van der Waals surface area (Å²) in [6.45, 7) is 1.94. The van der Waals surface area contributed by atoms with E-state index in [2.05, 4.69) is 10.6 Å². The highest BCUT2D eigenvalue weighted by Crippen LogP contribution is 2.35. The summed E-state index contributed by atoms with van der Waals surface area (Å²) in [7, 11) is 0. The lowest BCUT2D eigenvalue weighted by Crippen LogP contribution is -2.35. The Kier molecular flexibility index (Phi) is 6.48. The van der Waals surface area contributed by atoms with Gasteiger partial charge in [0.1, 0.15) is 24.6 Å². The maximum atomic E-state index is 12.4. The molecule has 0 fully saturated rings. The van der Waals surface area contributed by atoms with Crippen LogP contribution in [0.5, 0.6) is 11.5 Å². The van der Waals surface area contributed by atoms with Crippen LogP contribution >= 0.6 is 22.9 Å². The van der Waals surface area contributed by atoms with Crippen molar-refractivity contribution in [3.8, 4) is 11.5 Å². The number of halogens is 1. The summed E-state index contributed by atoms with van der Waals surface area (Å²) in [5.74, 6) is -0.625. The number of anilines is 1. The first kappa shape index (κ1) is 21.9. The van der Waals surface area contributed by atoms with Gasteiger partial charge >= 0.3 is 5.97 Å². The SMILES string of the molecule is C[C@@H](OC(=O)CNC(=O)c1sc2ccccc2c1Cl)C(=O)Nc1ccc2c(c1)OCCO2. The number of amides is 2. The van der Waals surface area contributed by atoms with Gasteiger partial charge in [0.2, 0.25) is 0 Å². The van der Waals surface area contributed by atoms with Crippen LogP contribution in [0, 0.1) is 0 Å². The normalized spacial score (nSPS) is 13.3. The van der Waals surface area contributed by atoms with E-state index >= 15 is 0 Å². The Balaban J connectivity index is 1.29. The summed E-state index contributed by atoms with van der Waals surface area (Å²) >= 11 is 7.51. The van der Waals surface area contributed by atoms with Crippen LogP contribution in [0.1, 0.15) is 16.6 Å². The second-order valence-corrected chi connectivity index (χ2v) is 8.33. The number of hydrogen-bond donors (Lipinski definition) is 2. The van der Waals surface area contributed by atoms with Gasteiger partial charge in [-0.15, -0.1) is 11.3 Å². The number of carbonyl (C=O) groups excluding carboxylic acids is 3. The lowest BCUT2D eigenvalue weighted by Gasteiger charge is -2.19. The molecular weight excluding hydrogens is 456 g/mol. The van der Waals surface area contributed by atoms with E-state index in [1.165, 1.54) is 18.3 Å². The minimum Gasteiger partial charge on any atom is -0.486 e. The number of esters is 1. The zero-order valence-corrected chi connectivity index (χ0v) is 18.5. The third kappa shape index (κ3) is 4.79. The van der Waals surface area contributed by atoms with Crippen molar-refractivity contribution in [2.45, 2.75) is 13.0 Å². The molecule has 0 spiro atoms. The molecule has 2 aromatic carbocycles. The van der Waals surface area contributed by atoms with Gasteiger partial charge in [-0.25, -0.2) is 0 Å². The predicted octanol–water partition coefficient (Wildman–Crippen LogP) is 3.63. The molecule has 2 N–H and O–H groups in total. The fraction of sp³-hybridized carbons (Fsp3) is 0.227. The molecule has 166 valence electrons. The zero-order chi connectivity index (χ0) is 22.7. The van der Waals surface area contributed by atoms with Crippen LogP contribution in [-0.2, 0) is 14.3 Å². The molecule has 0 radical (unpaired) electrons. The highest BCUT2D eigenvalue weighted by atomic mass is 35.5. The van der Waals surface area contributed by atoms with Crippen molar-refractivity contribution in [3.63, 3.8) is 0 Å². The molecule has 32 heavy (non-hydrogen) atoms. The van der Waals surface area contributed by atoms with Crippen LogP contribution in [-0.4, -0.2) is 43.6 Å². The largest absolute Gasteiger partial charge is 0.486 e. The van der Waals surface area contributed by atoms with Crippen LogP contribution in [0.15, 0.2) is 42.5 Å². The fourth-order valence-electron chi connectivity index (χ4n) is 3.05. The van der Waals surface area contributed by atoms with E-state index < -0.39 is 30.4 Å². The van der Waals surface area contributed by atoms with Crippen LogP contribution < -0.4 is 20.1 Å². The summed E-state index contributed by atoms with van der Waals surface area (Å²) in [6.07, 6.45) is -1.07. The fourth-order valence-corrected chi connectivity index (χ4v) is 4.48. The Labute approximate surface area is 192 Å². The van der Waals surface area contributed by atoms with Crippen molar-refractivity contribution in [2.75, 3.05) is 25.1 Å². The summed E-state index contributed by atoms with van der Waals surface area (Å²) in [4.78, 5) is 37.2. The van der Waals surface area contributed by atoms with E-state index in [1.807, 2.05) is 24.3 Å². The average Bonchev–Trinajstić information content (AvgIpc) is 3.14. The minimum atomic E-state index is -1.07. The second kappa shape index (κ2) is 9.46. The van der Waals surface area contributed by atoms with Gasteiger partial charge in [-0.05, 0) is 25.1 Å². The van der Waals surface area contributed by atoms with E-state index in [4.69, 9.17) is 25.8 Å². The van der Waals surface area contributed by atoms with E-state index in [0.29, 0.717) is 40.3 Å². The van der Waals surface area contributed by atoms with Crippen molar-refractivity contribution < 1.29 is 28.6 Å². The predicted molar refractivity (Wildman–Crippen MR) is 121 cm³/mol. The van der Waals surface area contributed by atoms with Crippen LogP contribution in [0.2, 0.25) is 5.02 Å². The van der Waals surface area contributed by atoms with Gasteiger partial charge in [-0.2, -0.15) is 0 Å². The standard InChI is InChI=1S/C22H19ClN2O6S/c1-12(21(27)25-13-6-7-15-16(10-13)30-9-8-29-15)31-18(26)11-24-22(28)20-19(23)14-4-2-3-5-17(14)32-20/h2-7,10,12H,8-9,11H2,1H3,(H,24,28)(H,25,27)/t12-/m1/s1. The van der Waals surface area contributed by atoms with Crippen molar-refractivity contribution in [1.29, 1.82) is 0 Å². The first-order valence-electron chi connectivity index (χ1n) is 9.77. The van der Waals surface area contributed by atoms with Crippen LogP contribution in [0.4, 0.5) is 5.69 Å². The number of carbonyl (C=O) groups is 3. The minimum absolute atomic E-state index is 0.310. The molecule has 4 rings (SSSR count). The maximum absolute atomic E-state index is 12.4. The van der Waals surface area contributed by atoms with Gasteiger partial charge in [-0.3, -0.25) is 14.4 Å². The summed E-state index contributed by atoms with van der Waals surface area (Å²) in [5, 5.41) is 6.25. The molecule has 1 atom stereocenters. The van der Waals surface area contributed by atoms with E-state index in [9.17, 15) is 14.4 Å². The molecule has 0 saturated carbocycles. The molecule has 10 heteroatoms. The van der Waals surface area contributed by atoms with Gasteiger partial charge in [0.25, 0.3) is 11.8 Å². The van der Waals surface area contributed by atoms with Crippen molar-refractivity contribution in [3.05, 3.63) is 52.4 Å². The third-order valence-electron chi connectivity index (χ3n) is 4.62. The molecule has 0 bridgehead atoms. The first-order valence-corrected chi connectivity index (χ1v) is 11.0. The second-order valence-electron chi connectivity index (χ2n) is 6.90. The van der Waals surface area contributed by atoms with Gasteiger partial charge in [0, 0.05) is 21.8 Å². The Morgan fingerprint density at radius 2 is 1.88 bits per heavy atom. The number of nitrogens with one attached hydrogen (secondary N) is 2. The molecule has 1 aromatic heterocycles. The molecule has 0 saturated heterocycles. The lowest BCUT2D eigenvalue weighted by molar-refractivity contribution is -0.152. The molecule has 8 nitrogen and oxygen atoms in total. The number of benzene rings is 2. The van der Waals surface area contributed by atoms with E-state index in [0.717, 1.165) is 10.1 Å². The molecule has 0 unspecified atom stereocenters. The molecule has 1 aliphatic rings. The first-order chi connectivity index (χ1) is 15.4. The number of ether oxygens (including phenoxy) is 3. The Morgan fingerprint density at radius 1 is 1.12 bits per heavy atom. The van der Waals surface area contributed by atoms with Gasteiger partial charge < -0.3 is 24.8 Å². The van der Waals surface area contributed by atoms with E-state index in [1.54, 1.807) is 18.2 Å². The molecule has 2 amide bonds. The number of thiophene rings is 1. The van der Waals surface area contributed by atoms with Crippen LogP contribution in [0.25, 0.3) is 10.1 Å². The smallest absolute Gasteiger partial charge is 0.326 e. The Hall–Kier alpha value is -3.30. The summed E-state index contributed by atoms with van der Waals surface area (Å²) < 4.78 is 16.9. The number of hydrogen-bond acceptors (Lipinski definition) is 7. The number of rotatable bonds is 6. The average molecular weight is 475 g/mol. The molecule has 1 aliphatic heterocycles. The Morgan fingerprint density at radius 3 is 2.66 bits per heavy atom. The Bertz CT molecular complexity index is 1190. The van der Waals surface area contributed by atoms with E-state index in [-0.39, 0.29) is 0 Å². The zero-order valence-electron chi connectivity index (χ0n) is 17.0. The summed E-state index contributed by atoms with van der Waals surface area (Å²) in [6, 6.07) is 12.4. The molecule has 3 aromatic rings. The highest BCUT2D eigenvalue weighted by molar-refractivity contribution is 7.21. The topological polar surface area (TPSA) is 103 Å². The summed E-state index contributed by atoms with van der Waals surface area (Å²) in [5.41, 5.74) is 0.481. The molecular formula is C22H19ClN2O6S. The van der Waals surface area contributed by atoms with Crippen LogP contribution in [0.3, 0.4) is 0 Å². The number of fused-ring (bicyclic) bond motifs is 2. The van der Waals surface area contributed by atoms with Crippen molar-refractivity contribution in [1.82, 2.24) is 5.32 Å². The quantitative estimate of drug-likeness (QED) is 0.529. The maximum Gasteiger partial charge on any atom is 0.326 e. The van der Waals surface area contributed by atoms with Crippen molar-refractivity contribution in [2.24, 2.45) is 0 Å². The monoisotopic (exact) mass is 474 g/mol. The van der Waals surface area contributed by atoms with Crippen molar-refractivity contribution >= 4 is 56.5 Å². The van der Waals surface area contributed by atoms with Gasteiger partial charge in [0.15, 0.2) is 17.6 Å². The molecule has 0 aliphatic carbocycles.